The third kappa shape index (κ3) is 5.09. The number of ether oxygens (including phenoxy) is 6. The highest BCUT2D eigenvalue weighted by molar-refractivity contribution is 5.94. The van der Waals surface area contributed by atoms with Gasteiger partial charge in [-0.25, -0.2) is 0 Å². The second-order valence-electron chi connectivity index (χ2n) is 11.5. The van der Waals surface area contributed by atoms with E-state index in [-0.39, 0.29) is 24.7 Å². The van der Waals surface area contributed by atoms with E-state index in [1.165, 1.54) is 12.8 Å². The predicted octanol–water partition coefficient (Wildman–Crippen LogP) is 4.69. The largest absolute Gasteiger partial charge is 0.363 e. The molecule has 6 rings (SSSR count). The average Bonchev–Trinajstić information content (AvgIpc) is 3.55. The van der Waals surface area contributed by atoms with Crippen molar-refractivity contribution in [1.29, 1.82) is 0 Å². The van der Waals surface area contributed by atoms with Gasteiger partial charge in [-0.2, -0.15) is 0 Å². The summed E-state index contributed by atoms with van der Waals surface area (Å²) in [4.78, 5) is 15.2. The van der Waals surface area contributed by atoms with Crippen molar-refractivity contribution >= 4 is 11.6 Å². The smallest absolute Gasteiger partial charge is 0.253 e. The third-order valence-electron chi connectivity index (χ3n) is 8.58. The van der Waals surface area contributed by atoms with Gasteiger partial charge in [0.15, 0.2) is 17.9 Å². The van der Waals surface area contributed by atoms with E-state index >= 15 is 0 Å². The fourth-order valence-electron chi connectivity index (χ4n) is 6.82. The highest BCUT2D eigenvalue weighted by Gasteiger charge is 2.61. The first-order valence-corrected chi connectivity index (χ1v) is 14.3. The van der Waals surface area contributed by atoms with Crippen molar-refractivity contribution in [2.45, 2.75) is 126 Å². The first-order chi connectivity index (χ1) is 18.0. The molecule has 1 aromatic carbocycles. The van der Waals surface area contributed by atoms with Crippen molar-refractivity contribution in [3.05, 3.63) is 30.3 Å². The van der Waals surface area contributed by atoms with Crippen molar-refractivity contribution in [1.82, 2.24) is 0 Å². The summed E-state index contributed by atoms with van der Waals surface area (Å²) in [5, 5.41) is 0. The number of fused-ring (bicyclic) bond motifs is 1. The summed E-state index contributed by atoms with van der Waals surface area (Å²) >= 11 is 0. The monoisotopic (exact) mass is 515 g/mol. The second kappa shape index (κ2) is 10.5. The van der Waals surface area contributed by atoms with Crippen molar-refractivity contribution in [3.8, 4) is 0 Å². The summed E-state index contributed by atoms with van der Waals surface area (Å²) in [6.07, 6.45) is 8.22. The van der Waals surface area contributed by atoms with E-state index in [9.17, 15) is 4.79 Å². The van der Waals surface area contributed by atoms with E-state index in [0.29, 0.717) is 6.61 Å². The Labute approximate surface area is 219 Å². The summed E-state index contributed by atoms with van der Waals surface area (Å²) in [6, 6.07) is 9.72. The number of amides is 1. The molecule has 3 saturated heterocycles. The Kier molecular flexibility index (Phi) is 7.33. The SMILES string of the molecule is CC(C)N(C(=O)CO[C@@H]1[C@H]([C@@H]2COC3(CCCCC3)O2)O[C@@H]2OC3(CCCCC3)O[C@@H]21)c1ccccc1. The van der Waals surface area contributed by atoms with Crippen LogP contribution in [-0.4, -0.2) is 67.4 Å². The molecule has 0 bridgehead atoms. The van der Waals surface area contributed by atoms with E-state index in [2.05, 4.69) is 0 Å². The summed E-state index contributed by atoms with van der Waals surface area (Å²) in [5.41, 5.74) is 0.858. The van der Waals surface area contributed by atoms with Crippen LogP contribution < -0.4 is 4.90 Å². The van der Waals surface area contributed by atoms with E-state index < -0.39 is 36.2 Å². The standard InChI is InChI=1S/C29H41NO7/c1-20(2)30(21-12-6-3-7-13-21)23(31)19-32-25-24(22-18-33-28(35-22)14-8-4-9-15-28)34-27-26(25)36-29(37-27)16-10-5-11-17-29/h3,6-7,12-13,20,22,24-27H,4-5,8-11,14-19H2,1-2H3/t22-,24-,25+,26+,27+/m0/s1. The van der Waals surface area contributed by atoms with E-state index in [4.69, 9.17) is 28.4 Å². The molecule has 0 unspecified atom stereocenters. The molecule has 1 aromatic rings. The van der Waals surface area contributed by atoms with Crippen LogP contribution in [0, 0.1) is 0 Å². The highest BCUT2D eigenvalue weighted by atomic mass is 16.9. The number of carbonyl (C=O) groups is 1. The molecule has 8 nitrogen and oxygen atoms in total. The zero-order valence-electron chi connectivity index (χ0n) is 22.1. The van der Waals surface area contributed by atoms with Gasteiger partial charge in [-0.1, -0.05) is 31.0 Å². The van der Waals surface area contributed by atoms with Crippen molar-refractivity contribution < 1.29 is 33.2 Å². The topological polar surface area (TPSA) is 75.7 Å². The van der Waals surface area contributed by atoms with E-state index in [1.807, 2.05) is 44.2 Å². The van der Waals surface area contributed by atoms with E-state index in [1.54, 1.807) is 4.90 Å². The minimum atomic E-state index is -0.601. The molecule has 0 N–H and O–H groups in total. The van der Waals surface area contributed by atoms with Gasteiger partial charge in [0.2, 0.25) is 0 Å². The minimum Gasteiger partial charge on any atom is -0.363 e. The third-order valence-corrected chi connectivity index (χ3v) is 8.58. The first kappa shape index (κ1) is 25.7. The van der Waals surface area contributed by atoms with Gasteiger partial charge in [-0.05, 0) is 51.7 Å². The molecular formula is C29H41NO7. The van der Waals surface area contributed by atoms with Gasteiger partial charge in [0.1, 0.15) is 31.0 Å². The summed E-state index contributed by atoms with van der Waals surface area (Å²) in [7, 11) is 0. The van der Waals surface area contributed by atoms with Crippen LogP contribution >= 0.6 is 0 Å². The molecule has 5 fully saturated rings. The molecule has 1 amide bonds. The molecular weight excluding hydrogens is 474 g/mol. The number of nitrogens with zero attached hydrogens (tertiary/aromatic N) is 1. The number of benzene rings is 1. The maximum Gasteiger partial charge on any atom is 0.253 e. The Morgan fingerprint density at radius 1 is 0.919 bits per heavy atom. The summed E-state index contributed by atoms with van der Waals surface area (Å²) < 4.78 is 38.6. The number of rotatable bonds is 6. The van der Waals surface area contributed by atoms with Crippen molar-refractivity contribution in [2.24, 2.45) is 0 Å². The second-order valence-corrected chi connectivity index (χ2v) is 11.5. The summed E-state index contributed by atoms with van der Waals surface area (Å²) in [6.45, 7) is 4.40. The fraction of sp³-hybridized carbons (Fsp3) is 0.759. The fourth-order valence-corrected chi connectivity index (χ4v) is 6.82. The van der Waals surface area contributed by atoms with Gasteiger partial charge in [0, 0.05) is 37.4 Å². The maximum absolute atomic E-state index is 13.4. The molecule has 2 aliphatic carbocycles. The zero-order valence-corrected chi connectivity index (χ0v) is 22.1. The molecule has 5 aliphatic rings. The van der Waals surface area contributed by atoms with Crippen LogP contribution in [0.3, 0.4) is 0 Å². The lowest BCUT2D eigenvalue weighted by Gasteiger charge is -2.36. The molecule has 0 aromatic heterocycles. The zero-order chi connectivity index (χ0) is 25.5. The number of hydrogen-bond donors (Lipinski definition) is 0. The van der Waals surface area contributed by atoms with Crippen molar-refractivity contribution in [3.63, 3.8) is 0 Å². The average molecular weight is 516 g/mol. The van der Waals surface area contributed by atoms with Gasteiger partial charge in [0.25, 0.3) is 5.91 Å². The molecule has 37 heavy (non-hydrogen) atoms. The lowest BCUT2D eigenvalue weighted by molar-refractivity contribution is -0.262. The van der Waals surface area contributed by atoms with Gasteiger partial charge < -0.3 is 33.3 Å². The molecule has 3 heterocycles. The quantitative estimate of drug-likeness (QED) is 0.544. The van der Waals surface area contributed by atoms with Gasteiger partial charge in [0.05, 0.1) is 6.61 Å². The molecule has 5 atom stereocenters. The molecule has 2 saturated carbocycles. The van der Waals surface area contributed by atoms with Gasteiger partial charge in [-0.3, -0.25) is 4.79 Å². The number of para-hydroxylation sites is 1. The Morgan fingerprint density at radius 3 is 2.27 bits per heavy atom. The molecule has 2 spiro atoms. The summed E-state index contributed by atoms with van der Waals surface area (Å²) in [5.74, 6) is -1.21. The van der Waals surface area contributed by atoms with Gasteiger partial charge in [-0.15, -0.1) is 0 Å². The van der Waals surface area contributed by atoms with Crippen molar-refractivity contribution in [2.75, 3.05) is 18.1 Å². The Balaban J connectivity index is 1.19. The van der Waals surface area contributed by atoms with Crippen LogP contribution in [-0.2, 0) is 33.2 Å². The number of hydrogen-bond acceptors (Lipinski definition) is 7. The number of carbonyl (C=O) groups excluding carboxylic acids is 1. The lowest BCUT2D eigenvalue weighted by atomic mass is 9.94. The van der Waals surface area contributed by atoms with Crippen LogP contribution in [0.15, 0.2) is 30.3 Å². The maximum atomic E-state index is 13.4. The van der Waals surface area contributed by atoms with Crippen LogP contribution in [0.4, 0.5) is 5.69 Å². The molecule has 204 valence electrons. The Bertz CT molecular complexity index is 927. The molecule has 8 heteroatoms. The van der Waals surface area contributed by atoms with Crippen LogP contribution in [0.25, 0.3) is 0 Å². The van der Waals surface area contributed by atoms with Crippen LogP contribution in [0.1, 0.15) is 78.1 Å². The highest BCUT2D eigenvalue weighted by Crippen LogP contribution is 2.48. The first-order valence-electron chi connectivity index (χ1n) is 14.3. The number of anilines is 1. The lowest BCUT2D eigenvalue weighted by Crippen LogP contribution is -2.47. The van der Waals surface area contributed by atoms with Gasteiger partial charge >= 0.3 is 0 Å². The Hall–Kier alpha value is -1.55. The normalized spacial score (nSPS) is 34.3. The molecule has 3 aliphatic heterocycles. The predicted molar refractivity (Wildman–Crippen MR) is 136 cm³/mol. The van der Waals surface area contributed by atoms with Crippen LogP contribution in [0.5, 0.6) is 0 Å². The van der Waals surface area contributed by atoms with Crippen LogP contribution in [0.2, 0.25) is 0 Å². The Morgan fingerprint density at radius 2 is 1.59 bits per heavy atom. The molecule has 0 radical (unpaired) electrons. The minimum absolute atomic E-state index is 0.00355. The van der Waals surface area contributed by atoms with E-state index in [0.717, 1.165) is 57.1 Å².